The molecule has 1 atom stereocenters. The maximum absolute atomic E-state index is 14.5. The van der Waals surface area contributed by atoms with Gasteiger partial charge in [0, 0.05) is 29.6 Å². The smallest absolute Gasteiger partial charge is 0.264 e. The van der Waals surface area contributed by atoms with Crippen molar-refractivity contribution in [3.05, 3.63) is 130 Å². The van der Waals surface area contributed by atoms with Crippen LogP contribution in [-0.2, 0) is 32.6 Å². The molecule has 0 bridgehead atoms. The predicted octanol–water partition coefficient (Wildman–Crippen LogP) is 6.91. The Hall–Kier alpha value is -3.85. The van der Waals surface area contributed by atoms with Crippen LogP contribution in [0.4, 0.5) is 5.69 Å². The standard InChI is InChI=1S/C35H37Cl2N3O4S/c1-25(2)22-38-35(42)33(20-27-12-6-4-7-13-27)39(23-28-14-10-11-17-31(28)36)34(41)24-40(29-19-18-26(3)32(37)21-29)45(43,44)30-15-8-5-9-16-30/h4-19,21,25,33H,20,22-24H2,1-3H3,(H,38,42)/t33-/m0/s1. The lowest BCUT2D eigenvalue weighted by atomic mass is 10.0. The van der Waals surface area contributed by atoms with Gasteiger partial charge in [-0.3, -0.25) is 13.9 Å². The van der Waals surface area contributed by atoms with E-state index in [1.165, 1.54) is 23.1 Å². The van der Waals surface area contributed by atoms with E-state index >= 15 is 0 Å². The van der Waals surface area contributed by atoms with Crippen LogP contribution < -0.4 is 9.62 Å². The lowest BCUT2D eigenvalue weighted by molar-refractivity contribution is -0.140. The number of hydrogen-bond acceptors (Lipinski definition) is 4. The van der Waals surface area contributed by atoms with Crippen LogP contribution in [0.3, 0.4) is 0 Å². The summed E-state index contributed by atoms with van der Waals surface area (Å²) in [4.78, 5) is 29.8. The van der Waals surface area contributed by atoms with Gasteiger partial charge in [0.05, 0.1) is 10.6 Å². The number of rotatable bonds is 13. The summed E-state index contributed by atoms with van der Waals surface area (Å²) in [5.74, 6) is -0.743. The van der Waals surface area contributed by atoms with Crippen LogP contribution in [0.2, 0.25) is 10.0 Å². The van der Waals surface area contributed by atoms with Gasteiger partial charge in [0.2, 0.25) is 11.8 Å². The van der Waals surface area contributed by atoms with Crippen molar-refractivity contribution in [1.82, 2.24) is 10.2 Å². The third kappa shape index (κ3) is 8.87. The van der Waals surface area contributed by atoms with Crippen molar-refractivity contribution in [3.8, 4) is 0 Å². The van der Waals surface area contributed by atoms with E-state index in [2.05, 4.69) is 5.32 Å². The van der Waals surface area contributed by atoms with Gasteiger partial charge in [-0.2, -0.15) is 0 Å². The second-order valence-electron chi connectivity index (χ2n) is 11.2. The van der Waals surface area contributed by atoms with Gasteiger partial charge in [0.15, 0.2) is 0 Å². The average Bonchev–Trinajstić information content (AvgIpc) is 3.03. The summed E-state index contributed by atoms with van der Waals surface area (Å²) in [5, 5.41) is 3.76. The number of nitrogens with one attached hydrogen (secondary N) is 1. The number of amides is 2. The fourth-order valence-corrected chi connectivity index (χ4v) is 6.57. The number of aryl methyl sites for hydroxylation is 1. The average molecular weight is 667 g/mol. The molecule has 1 N–H and O–H groups in total. The molecule has 0 aliphatic rings. The highest BCUT2D eigenvalue weighted by Gasteiger charge is 2.35. The van der Waals surface area contributed by atoms with Gasteiger partial charge < -0.3 is 10.2 Å². The largest absolute Gasteiger partial charge is 0.354 e. The number of benzene rings is 4. The number of halogens is 2. The van der Waals surface area contributed by atoms with Gasteiger partial charge in [-0.05, 0) is 59.9 Å². The minimum Gasteiger partial charge on any atom is -0.354 e. The molecule has 45 heavy (non-hydrogen) atoms. The summed E-state index contributed by atoms with van der Waals surface area (Å²) < 4.78 is 29.2. The van der Waals surface area contributed by atoms with Crippen LogP contribution in [0.5, 0.6) is 0 Å². The molecule has 4 rings (SSSR count). The highest BCUT2D eigenvalue weighted by Crippen LogP contribution is 2.29. The molecule has 0 unspecified atom stereocenters. The Kier molecular flexibility index (Phi) is 11.7. The molecule has 0 aromatic heterocycles. The van der Waals surface area contributed by atoms with Gasteiger partial charge in [-0.15, -0.1) is 0 Å². The molecule has 4 aromatic carbocycles. The molecule has 7 nitrogen and oxygen atoms in total. The summed E-state index contributed by atoms with van der Waals surface area (Å²) in [7, 11) is -4.22. The number of sulfonamides is 1. The molecular weight excluding hydrogens is 629 g/mol. The zero-order valence-electron chi connectivity index (χ0n) is 25.5. The molecule has 10 heteroatoms. The predicted molar refractivity (Wildman–Crippen MR) is 181 cm³/mol. The van der Waals surface area contributed by atoms with E-state index < -0.39 is 28.5 Å². The van der Waals surface area contributed by atoms with Crippen molar-refractivity contribution in [2.24, 2.45) is 5.92 Å². The van der Waals surface area contributed by atoms with Crippen LogP contribution in [-0.4, -0.2) is 44.3 Å². The van der Waals surface area contributed by atoms with Crippen molar-refractivity contribution in [2.45, 2.75) is 44.7 Å². The van der Waals surface area contributed by atoms with Gasteiger partial charge >= 0.3 is 0 Å². The summed E-state index contributed by atoms with van der Waals surface area (Å²) >= 11 is 13.0. The molecule has 0 aliphatic carbocycles. The van der Waals surface area contributed by atoms with E-state index in [9.17, 15) is 18.0 Å². The van der Waals surface area contributed by atoms with Crippen molar-refractivity contribution >= 4 is 50.7 Å². The molecule has 0 aliphatic heterocycles. The minimum atomic E-state index is -4.22. The summed E-state index contributed by atoms with van der Waals surface area (Å²) in [6, 6.07) is 28.3. The normalized spacial score (nSPS) is 12.0. The molecule has 2 amide bonds. The lowest BCUT2D eigenvalue weighted by Crippen LogP contribution is -2.53. The molecule has 4 aromatic rings. The molecular formula is C35H37Cl2N3O4S. The number of carbonyl (C=O) groups is 2. The minimum absolute atomic E-state index is 0.0149. The highest BCUT2D eigenvalue weighted by molar-refractivity contribution is 7.92. The van der Waals surface area contributed by atoms with Crippen molar-refractivity contribution < 1.29 is 18.0 Å². The summed E-state index contributed by atoms with van der Waals surface area (Å²) in [6.07, 6.45) is 0.211. The van der Waals surface area contributed by atoms with E-state index in [0.717, 1.165) is 15.4 Å². The molecule has 0 fully saturated rings. The number of hydrogen-bond donors (Lipinski definition) is 1. The zero-order chi connectivity index (χ0) is 32.6. The van der Waals surface area contributed by atoms with Crippen LogP contribution in [0.15, 0.2) is 108 Å². The summed E-state index contributed by atoms with van der Waals surface area (Å²) in [5.41, 5.74) is 2.45. The van der Waals surface area contributed by atoms with E-state index in [1.807, 2.05) is 51.1 Å². The Morgan fingerprint density at radius 2 is 1.44 bits per heavy atom. The highest BCUT2D eigenvalue weighted by atomic mass is 35.5. The van der Waals surface area contributed by atoms with E-state index in [4.69, 9.17) is 23.2 Å². The second kappa shape index (κ2) is 15.4. The van der Waals surface area contributed by atoms with Crippen molar-refractivity contribution in [1.29, 1.82) is 0 Å². The van der Waals surface area contributed by atoms with Crippen LogP contribution in [0.1, 0.15) is 30.5 Å². The number of carbonyl (C=O) groups excluding carboxylic acids is 2. The third-order valence-electron chi connectivity index (χ3n) is 7.31. The Balaban J connectivity index is 1.82. The quantitative estimate of drug-likeness (QED) is 0.168. The van der Waals surface area contributed by atoms with E-state index in [-0.39, 0.29) is 35.4 Å². The Labute approximate surface area is 275 Å². The SMILES string of the molecule is Cc1ccc(N(CC(=O)N(Cc2ccccc2Cl)[C@@H](Cc2ccccc2)C(=O)NCC(C)C)S(=O)(=O)c2ccccc2)cc1Cl. The first-order valence-corrected chi connectivity index (χ1v) is 16.9. The van der Waals surface area contributed by atoms with Gasteiger partial charge in [-0.1, -0.05) is 110 Å². The van der Waals surface area contributed by atoms with Gasteiger partial charge in [0.25, 0.3) is 10.0 Å². The molecule has 236 valence electrons. The van der Waals surface area contributed by atoms with Crippen molar-refractivity contribution in [3.63, 3.8) is 0 Å². The fourth-order valence-electron chi connectivity index (χ4n) is 4.77. The number of nitrogens with zero attached hydrogens (tertiary/aromatic N) is 2. The van der Waals surface area contributed by atoms with Gasteiger partial charge in [0.1, 0.15) is 12.6 Å². The molecule has 0 spiro atoms. The Morgan fingerprint density at radius 1 is 0.822 bits per heavy atom. The first kappa shape index (κ1) is 34.0. The Morgan fingerprint density at radius 3 is 2.07 bits per heavy atom. The monoisotopic (exact) mass is 665 g/mol. The summed E-state index contributed by atoms with van der Waals surface area (Å²) in [6.45, 7) is 5.59. The van der Waals surface area contributed by atoms with E-state index in [0.29, 0.717) is 22.2 Å². The van der Waals surface area contributed by atoms with Crippen LogP contribution >= 0.6 is 23.2 Å². The van der Waals surface area contributed by atoms with Gasteiger partial charge in [-0.25, -0.2) is 8.42 Å². The zero-order valence-corrected chi connectivity index (χ0v) is 27.8. The molecule has 0 saturated heterocycles. The van der Waals surface area contributed by atoms with Crippen molar-refractivity contribution in [2.75, 3.05) is 17.4 Å². The first-order valence-electron chi connectivity index (χ1n) is 14.7. The number of anilines is 1. The molecule has 0 saturated carbocycles. The Bertz CT molecular complexity index is 1720. The van der Waals surface area contributed by atoms with E-state index in [1.54, 1.807) is 54.6 Å². The first-order chi connectivity index (χ1) is 21.5. The molecule has 0 heterocycles. The maximum Gasteiger partial charge on any atom is 0.264 e. The maximum atomic E-state index is 14.5. The topological polar surface area (TPSA) is 86.8 Å². The fraction of sp³-hybridized carbons (Fsp3) is 0.257. The van der Waals surface area contributed by atoms with Crippen LogP contribution in [0.25, 0.3) is 0 Å². The third-order valence-corrected chi connectivity index (χ3v) is 9.87. The van der Waals surface area contributed by atoms with Crippen LogP contribution in [0, 0.1) is 12.8 Å². The second-order valence-corrected chi connectivity index (χ2v) is 13.9. The lowest BCUT2D eigenvalue weighted by Gasteiger charge is -2.34. The molecule has 0 radical (unpaired) electrons.